The van der Waals surface area contributed by atoms with Gasteiger partial charge in [-0.3, -0.25) is 0 Å². The van der Waals surface area contributed by atoms with Crippen LogP contribution >= 0.6 is 0 Å². The first kappa shape index (κ1) is 12.7. The number of hydrogen-bond donors (Lipinski definition) is 1. The van der Waals surface area contributed by atoms with Gasteiger partial charge >= 0.3 is 5.97 Å². The average Bonchev–Trinajstić information content (AvgIpc) is 2.39. The summed E-state index contributed by atoms with van der Waals surface area (Å²) in [5.41, 5.74) is 6.57. The quantitative estimate of drug-likeness (QED) is 0.653. The number of carbonyl (C=O) groups is 1. The van der Waals surface area contributed by atoms with E-state index in [0.717, 1.165) is 19.4 Å². The van der Waals surface area contributed by atoms with Crippen molar-refractivity contribution in [2.24, 2.45) is 0 Å². The molecule has 1 atom stereocenters. The van der Waals surface area contributed by atoms with Crippen molar-refractivity contribution in [2.75, 3.05) is 26.1 Å². The Hall–Kier alpha value is -1.75. The van der Waals surface area contributed by atoms with Crippen molar-refractivity contribution in [1.29, 1.82) is 0 Å². The zero-order chi connectivity index (χ0) is 13.0. The van der Waals surface area contributed by atoms with Gasteiger partial charge in [-0.1, -0.05) is 0 Å². The number of nitrogens with two attached hydrogens (primary N) is 1. The third-order valence-corrected chi connectivity index (χ3v) is 2.84. The van der Waals surface area contributed by atoms with Crippen molar-refractivity contribution < 1.29 is 19.0 Å². The third-order valence-electron chi connectivity index (χ3n) is 2.84. The number of benzene rings is 1. The molecule has 18 heavy (non-hydrogen) atoms. The molecule has 0 bridgehead atoms. The highest BCUT2D eigenvalue weighted by Gasteiger charge is 2.21. The Morgan fingerprint density at radius 1 is 1.50 bits per heavy atom. The molecule has 1 aliphatic rings. The number of esters is 1. The summed E-state index contributed by atoms with van der Waals surface area (Å²) < 4.78 is 15.8. The second-order valence-corrected chi connectivity index (χ2v) is 4.20. The van der Waals surface area contributed by atoms with Crippen molar-refractivity contribution >= 4 is 11.7 Å². The Morgan fingerprint density at radius 2 is 2.33 bits per heavy atom. The van der Waals surface area contributed by atoms with Crippen molar-refractivity contribution in [3.63, 3.8) is 0 Å². The number of methoxy groups -OCH3 is 1. The lowest BCUT2D eigenvalue weighted by Crippen LogP contribution is -2.28. The molecule has 1 aromatic carbocycles. The van der Waals surface area contributed by atoms with Gasteiger partial charge in [-0.05, 0) is 25.0 Å². The molecule has 2 rings (SSSR count). The molecule has 1 unspecified atom stereocenters. The van der Waals surface area contributed by atoms with E-state index in [1.54, 1.807) is 18.2 Å². The van der Waals surface area contributed by atoms with Gasteiger partial charge in [0.25, 0.3) is 0 Å². The Morgan fingerprint density at radius 3 is 3.00 bits per heavy atom. The fourth-order valence-corrected chi connectivity index (χ4v) is 1.90. The minimum absolute atomic E-state index is 0.173. The van der Waals surface area contributed by atoms with E-state index >= 15 is 0 Å². The van der Waals surface area contributed by atoms with Crippen LogP contribution in [0, 0.1) is 0 Å². The van der Waals surface area contributed by atoms with Gasteiger partial charge in [0.2, 0.25) is 0 Å². The second-order valence-electron chi connectivity index (χ2n) is 4.20. The topological polar surface area (TPSA) is 70.8 Å². The molecule has 1 heterocycles. The van der Waals surface area contributed by atoms with Gasteiger partial charge in [0.05, 0.1) is 13.7 Å². The molecule has 0 radical (unpaired) electrons. The van der Waals surface area contributed by atoms with Crippen LogP contribution in [0.25, 0.3) is 0 Å². The van der Waals surface area contributed by atoms with Gasteiger partial charge in [-0.15, -0.1) is 0 Å². The van der Waals surface area contributed by atoms with E-state index in [1.807, 2.05) is 0 Å². The maximum atomic E-state index is 12.0. The van der Waals surface area contributed by atoms with E-state index in [4.69, 9.17) is 19.9 Å². The molecular formula is C13H17NO4. The Kier molecular flexibility index (Phi) is 4.04. The summed E-state index contributed by atoms with van der Waals surface area (Å²) in [7, 11) is 1.50. The standard InChI is InChI=1S/C13H17NO4/c1-16-12-7-9(14)4-5-11(12)13(15)18-10-3-2-6-17-8-10/h4-5,7,10H,2-3,6,8,14H2,1H3. The molecular weight excluding hydrogens is 234 g/mol. The van der Waals surface area contributed by atoms with Crippen LogP contribution in [0.1, 0.15) is 23.2 Å². The highest BCUT2D eigenvalue weighted by Crippen LogP contribution is 2.23. The number of nitrogen functional groups attached to an aromatic ring is 1. The molecule has 5 nitrogen and oxygen atoms in total. The van der Waals surface area contributed by atoms with Crippen LogP contribution in [-0.4, -0.2) is 32.4 Å². The van der Waals surface area contributed by atoms with Gasteiger partial charge in [-0.25, -0.2) is 4.79 Å². The van der Waals surface area contributed by atoms with E-state index < -0.39 is 5.97 Å². The average molecular weight is 251 g/mol. The first-order chi connectivity index (χ1) is 8.70. The zero-order valence-corrected chi connectivity index (χ0v) is 10.3. The molecule has 0 saturated carbocycles. The van der Waals surface area contributed by atoms with Crippen LogP contribution in [-0.2, 0) is 9.47 Å². The summed E-state index contributed by atoms with van der Waals surface area (Å²) in [6.45, 7) is 1.20. The lowest BCUT2D eigenvalue weighted by Gasteiger charge is -2.22. The van der Waals surface area contributed by atoms with E-state index in [9.17, 15) is 4.79 Å². The number of ether oxygens (including phenoxy) is 3. The summed E-state index contributed by atoms with van der Waals surface area (Å²) in [5, 5.41) is 0. The predicted octanol–water partition coefficient (Wildman–Crippen LogP) is 1.61. The van der Waals surface area contributed by atoms with Gasteiger partial charge in [0, 0.05) is 18.4 Å². The molecule has 1 fully saturated rings. The molecule has 0 aliphatic carbocycles. The van der Waals surface area contributed by atoms with Crippen molar-refractivity contribution in [3.8, 4) is 5.75 Å². The Balaban J connectivity index is 2.08. The number of carbonyl (C=O) groups excluding carboxylic acids is 1. The van der Waals surface area contributed by atoms with Gasteiger partial charge < -0.3 is 19.9 Å². The fourth-order valence-electron chi connectivity index (χ4n) is 1.90. The van der Waals surface area contributed by atoms with Gasteiger partial charge in [-0.2, -0.15) is 0 Å². The number of hydrogen-bond acceptors (Lipinski definition) is 5. The molecule has 1 aromatic rings. The highest BCUT2D eigenvalue weighted by atomic mass is 16.6. The largest absolute Gasteiger partial charge is 0.496 e. The van der Waals surface area contributed by atoms with Crippen LogP contribution in [0.15, 0.2) is 18.2 Å². The molecule has 0 amide bonds. The fraction of sp³-hybridized carbons (Fsp3) is 0.462. The van der Waals surface area contributed by atoms with E-state index in [-0.39, 0.29) is 6.10 Å². The van der Waals surface area contributed by atoms with Crippen LogP contribution in [0.2, 0.25) is 0 Å². The normalized spacial score (nSPS) is 19.3. The summed E-state index contributed by atoms with van der Waals surface area (Å²) in [6.07, 6.45) is 1.58. The van der Waals surface area contributed by atoms with E-state index in [0.29, 0.717) is 23.6 Å². The van der Waals surface area contributed by atoms with Crippen molar-refractivity contribution in [1.82, 2.24) is 0 Å². The maximum Gasteiger partial charge on any atom is 0.342 e. The Bertz CT molecular complexity index is 427. The van der Waals surface area contributed by atoms with Crippen LogP contribution in [0.3, 0.4) is 0 Å². The van der Waals surface area contributed by atoms with Crippen LogP contribution < -0.4 is 10.5 Å². The summed E-state index contributed by atoms with van der Waals surface area (Å²) in [4.78, 5) is 12.0. The first-order valence-corrected chi connectivity index (χ1v) is 5.93. The highest BCUT2D eigenvalue weighted by molar-refractivity contribution is 5.93. The molecule has 5 heteroatoms. The summed E-state index contributed by atoms with van der Waals surface area (Å²) >= 11 is 0. The lowest BCUT2D eigenvalue weighted by atomic mass is 10.1. The lowest BCUT2D eigenvalue weighted by molar-refractivity contribution is -0.0307. The Labute approximate surface area is 106 Å². The van der Waals surface area contributed by atoms with Gasteiger partial charge in [0.15, 0.2) is 0 Å². The summed E-state index contributed by atoms with van der Waals surface area (Å²) in [5.74, 6) is 0.0269. The van der Waals surface area contributed by atoms with Crippen LogP contribution in [0.4, 0.5) is 5.69 Å². The maximum absolute atomic E-state index is 12.0. The van der Waals surface area contributed by atoms with Gasteiger partial charge in [0.1, 0.15) is 17.4 Å². The molecule has 0 spiro atoms. The molecule has 2 N–H and O–H groups in total. The minimum Gasteiger partial charge on any atom is -0.496 e. The smallest absolute Gasteiger partial charge is 0.342 e. The molecule has 0 aromatic heterocycles. The molecule has 1 saturated heterocycles. The monoisotopic (exact) mass is 251 g/mol. The second kappa shape index (κ2) is 5.73. The summed E-state index contributed by atoms with van der Waals surface area (Å²) in [6, 6.07) is 4.87. The molecule has 1 aliphatic heterocycles. The minimum atomic E-state index is -0.401. The van der Waals surface area contributed by atoms with Crippen LogP contribution in [0.5, 0.6) is 5.75 Å². The van der Waals surface area contributed by atoms with Crippen molar-refractivity contribution in [2.45, 2.75) is 18.9 Å². The zero-order valence-electron chi connectivity index (χ0n) is 10.3. The first-order valence-electron chi connectivity index (χ1n) is 5.93. The number of anilines is 1. The van der Waals surface area contributed by atoms with Crippen molar-refractivity contribution in [3.05, 3.63) is 23.8 Å². The van der Waals surface area contributed by atoms with E-state index in [2.05, 4.69) is 0 Å². The number of rotatable bonds is 3. The molecule has 98 valence electrons. The van der Waals surface area contributed by atoms with E-state index in [1.165, 1.54) is 7.11 Å². The predicted molar refractivity (Wildman–Crippen MR) is 66.7 cm³/mol. The third kappa shape index (κ3) is 2.92. The SMILES string of the molecule is COc1cc(N)ccc1C(=O)OC1CCCOC1.